The third-order valence-electron chi connectivity index (χ3n) is 2.01. The molecule has 1 amide bonds. The molecule has 0 bridgehead atoms. The molecule has 78 valence electrons. The summed E-state index contributed by atoms with van der Waals surface area (Å²) in [4.78, 5) is 8.78. The number of carboxylic acid groups (broad SMARTS) is 1. The van der Waals surface area contributed by atoms with Crippen molar-refractivity contribution in [2.45, 2.75) is 6.92 Å². The summed E-state index contributed by atoms with van der Waals surface area (Å²) in [5.74, 6) is 0. The summed E-state index contributed by atoms with van der Waals surface area (Å²) >= 11 is 0. The van der Waals surface area contributed by atoms with Gasteiger partial charge in [-0.2, -0.15) is 0 Å². The summed E-state index contributed by atoms with van der Waals surface area (Å²) in [6.45, 7) is 2.14. The molecule has 0 heterocycles. The smallest absolute Gasteiger partial charge is 0.402 e. The van der Waals surface area contributed by atoms with Crippen LogP contribution in [0.1, 0.15) is 5.56 Å². The Hall–Kier alpha value is -2.03. The van der Waals surface area contributed by atoms with E-state index in [9.17, 15) is 0 Å². The number of nitrogens with two attached hydrogens (primary N) is 1. The van der Waals surface area contributed by atoms with E-state index in [2.05, 4.69) is 55.1 Å². The molecule has 3 N–H and O–H groups in total. The monoisotopic (exact) mass is 203 g/mol. The van der Waals surface area contributed by atoms with E-state index in [0.29, 0.717) is 0 Å². The van der Waals surface area contributed by atoms with Crippen molar-refractivity contribution in [3.63, 3.8) is 0 Å². The van der Waals surface area contributed by atoms with E-state index < -0.39 is 6.09 Å². The number of rotatable bonds is 0. The van der Waals surface area contributed by atoms with Crippen molar-refractivity contribution in [3.8, 4) is 0 Å². The SMILES string of the molecule is Cc1cccc2ccccc12.NC(=O)O. The summed E-state index contributed by atoms with van der Waals surface area (Å²) in [5, 5.41) is 9.88. The lowest BCUT2D eigenvalue weighted by Gasteiger charge is -1.98. The number of hydrogen-bond donors (Lipinski definition) is 2. The molecule has 0 aliphatic heterocycles. The molecule has 3 heteroatoms. The first kappa shape index (κ1) is 11.0. The minimum absolute atomic E-state index is 1.33. The third-order valence-corrected chi connectivity index (χ3v) is 2.01. The molecule has 0 atom stereocenters. The van der Waals surface area contributed by atoms with Crippen LogP contribution in [0.5, 0.6) is 0 Å². The Morgan fingerprint density at radius 1 is 1.13 bits per heavy atom. The van der Waals surface area contributed by atoms with Crippen LogP contribution in [0.25, 0.3) is 10.8 Å². The normalized spacial score (nSPS) is 9.13. The topological polar surface area (TPSA) is 63.3 Å². The van der Waals surface area contributed by atoms with Crippen LogP contribution >= 0.6 is 0 Å². The molecule has 0 aliphatic carbocycles. The maximum absolute atomic E-state index is 8.78. The van der Waals surface area contributed by atoms with E-state index >= 15 is 0 Å². The lowest BCUT2D eigenvalue weighted by molar-refractivity contribution is 0.205. The summed E-state index contributed by atoms with van der Waals surface area (Å²) < 4.78 is 0. The number of fused-ring (bicyclic) bond motifs is 1. The van der Waals surface area contributed by atoms with E-state index in [1.54, 1.807) is 0 Å². The molecule has 3 nitrogen and oxygen atoms in total. The predicted molar refractivity (Wildman–Crippen MR) is 60.9 cm³/mol. The number of primary amides is 1. The van der Waals surface area contributed by atoms with Crippen molar-refractivity contribution in [1.29, 1.82) is 0 Å². The molecule has 0 aromatic heterocycles. The zero-order chi connectivity index (χ0) is 11.3. The molecule has 0 saturated heterocycles. The molecule has 2 aromatic carbocycles. The first-order valence-corrected chi connectivity index (χ1v) is 4.54. The minimum atomic E-state index is -1.33. The van der Waals surface area contributed by atoms with Crippen LogP contribution in [-0.4, -0.2) is 11.2 Å². The van der Waals surface area contributed by atoms with Crippen LogP contribution in [0.3, 0.4) is 0 Å². The Morgan fingerprint density at radius 3 is 2.27 bits per heavy atom. The lowest BCUT2D eigenvalue weighted by atomic mass is 10.1. The summed E-state index contributed by atoms with van der Waals surface area (Å²) in [7, 11) is 0. The van der Waals surface area contributed by atoms with E-state index in [1.807, 2.05) is 0 Å². The molecule has 2 rings (SSSR count). The number of carbonyl (C=O) groups is 1. The molecule has 2 aromatic rings. The molecule has 0 radical (unpaired) electrons. The van der Waals surface area contributed by atoms with Gasteiger partial charge < -0.3 is 10.8 Å². The predicted octanol–water partition coefficient (Wildman–Crippen LogP) is 2.77. The van der Waals surface area contributed by atoms with E-state index in [1.165, 1.54) is 16.3 Å². The van der Waals surface area contributed by atoms with Gasteiger partial charge >= 0.3 is 6.09 Å². The van der Waals surface area contributed by atoms with Gasteiger partial charge in [0.1, 0.15) is 0 Å². The number of hydrogen-bond acceptors (Lipinski definition) is 1. The average Bonchev–Trinajstić information content (AvgIpc) is 2.18. The number of amides is 1. The lowest BCUT2D eigenvalue weighted by Crippen LogP contribution is -2.03. The van der Waals surface area contributed by atoms with Gasteiger partial charge in [-0.3, -0.25) is 0 Å². The molecule has 0 spiro atoms. The zero-order valence-electron chi connectivity index (χ0n) is 8.47. The number of benzene rings is 2. The van der Waals surface area contributed by atoms with E-state index in [0.717, 1.165) is 0 Å². The Morgan fingerprint density at radius 2 is 1.67 bits per heavy atom. The van der Waals surface area contributed by atoms with Crippen molar-refractivity contribution >= 4 is 16.9 Å². The summed E-state index contributed by atoms with van der Waals surface area (Å²) in [6.07, 6.45) is -1.33. The highest BCUT2D eigenvalue weighted by Gasteiger charge is 1.92. The van der Waals surface area contributed by atoms with Crippen LogP contribution in [0, 0.1) is 6.92 Å². The molecule has 0 saturated carbocycles. The maximum Gasteiger partial charge on any atom is 0.402 e. The van der Waals surface area contributed by atoms with Crippen molar-refractivity contribution in [1.82, 2.24) is 0 Å². The standard InChI is InChI=1S/C11H10.CH3NO2/c1-9-5-4-7-10-6-2-3-8-11(9)10;2-1(3)4/h2-8H,1H3;2H2,(H,3,4). The first-order chi connectivity index (χ1) is 7.11. The van der Waals surface area contributed by atoms with Crippen LogP contribution in [0.15, 0.2) is 42.5 Å². The zero-order valence-corrected chi connectivity index (χ0v) is 8.47. The van der Waals surface area contributed by atoms with Crippen molar-refractivity contribution in [2.75, 3.05) is 0 Å². The quantitative estimate of drug-likeness (QED) is 0.691. The minimum Gasteiger partial charge on any atom is -0.465 e. The van der Waals surface area contributed by atoms with Gasteiger partial charge in [0.05, 0.1) is 0 Å². The fraction of sp³-hybridized carbons (Fsp3) is 0.0833. The molecule has 15 heavy (non-hydrogen) atoms. The highest BCUT2D eigenvalue weighted by Crippen LogP contribution is 2.16. The Kier molecular flexibility index (Phi) is 3.68. The van der Waals surface area contributed by atoms with Gasteiger partial charge in [-0.05, 0) is 23.3 Å². The van der Waals surface area contributed by atoms with Gasteiger partial charge in [-0.15, -0.1) is 0 Å². The third kappa shape index (κ3) is 3.31. The van der Waals surface area contributed by atoms with Crippen molar-refractivity contribution < 1.29 is 9.90 Å². The van der Waals surface area contributed by atoms with Gasteiger partial charge in [-0.1, -0.05) is 42.5 Å². The van der Waals surface area contributed by atoms with Crippen molar-refractivity contribution in [3.05, 3.63) is 48.0 Å². The molecule has 0 fully saturated rings. The molecular formula is C12H13NO2. The highest BCUT2D eigenvalue weighted by molar-refractivity contribution is 5.85. The second kappa shape index (κ2) is 5.00. The van der Waals surface area contributed by atoms with E-state index in [-0.39, 0.29) is 0 Å². The molecule has 0 unspecified atom stereocenters. The average molecular weight is 203 g/mol. The van der Waals surface area contributed by atoms with Crippen molar-refractivity contribution in [2.24, 2.45) is 5.73 Å². The fourth-order valence-corrected chi connectivity index (χ4v) is 1.39. The fourth-order valence-electron chi connectivity index (χ4n) is 1.39. The van der Waals surface area contributed by atoms with Gasteiger partial charge in [0.25, 0.3) is 0 Å². The highest BCUT2D eigenvalue weighted by atomic mass is 16.4. The van der Waals surface area contributed by atoms with Crippen LogP contribution in [-0.2, 0) is 0 Å². The molecular weight excluding hydrogens is 190 g/mol. The Balaban J connectivity index is 0.000000245. The van der Waals surface area contributed by atoms with Crippen LogP contribution in [0.2, 0.25) is 0 Å². The van der Waals surface area contributed by atoms with E-state index in [4.69, 9.17) is 9.90 Å². The van der Waals surface area contributed by atoms with Gasteiger partial charge in [0, 0.05) is 0 Å². The molecule has 0 aliphatic rings. The summed E-state index contributed by atoms with van der Waals surface area (Å²) in [5.41, 5.74) is 5.38. The van der Waals surface area contributed by atoms with Crippen LogP contribution < -0.4 is 5.73 Å². The van der Waals surface area contributed by atoms with Gasteiger partial charge in [-0.25, -0.2) is 4.79 Å². The maximum atomic E-state index is 8.78. The summed E-state index contributed by atoms with van der Waals surface area (Å²) in [6, 6.07) is 14.8. The second-order valence-corrected chi connectivity index (χ2v) is 3.13. The van der Waals surface area contributed by atoms with Crippen LogP contribution in [0.4, 0.5) is 4.79 Å². The number of aryl methyl sites for hydroxylation is 1. The van der Waals surface area contributed by atoms with Gasteiger partial charge in [0.2, 0.25) is 0 Å². The Bertz CT molecular complexity index is 457. The first-order valence-electron chi connectivity index (χ1n) is 4.54. The second-order valence-electron chi connectivity index (χ2n) is 3.13. The largest absolute Gasteiger partial charge is 0.465 e. The van der Waals surface area contributed by atoms with Gasteiger partial charge in [0.15, 0.2) is 0 Å². The Labute approximate surface area is 88.1 Å².